The first-order chi connectivity index (χ1) is 12.7. The number of amides is 1. The van der Waals surface area contributed by atoms with Gasteiger partial charge in [0.1, 0.15) is 5.75 Å². The third-order valence-electron chi connectivity index (χ3n) is 4.85. The highest BCUT2D eigenvalue weighted by atomic mass is 32.1. The molecule has 0 saturated heterocycles. The van der Waals surface area contributed by atoms with Gasteiger partial charge in [0, 0.05) is 11.4 Å². The normalized spacial score (nSPS) is 16.2. The van der Waals surface area contributed by atoms with Crippen LogP contribution in [0.15, 0.2) is 66.0 Å². The number of aryl methyl sites for hydroxylation is 1. The Balaban J connectivity index is 1.58. The fraction of sp³-hybridized carbons (Fsp3) is 0.227. The van der Waals surface area contributed by atoms with Crippen molar-refractivity contribution in [2.45, 2.75) is 19.4 Å². The third-order valence-corrected chi connectivity index (χ3v) is 5.84. The van der Waals surface area contributed by atoms with E-state index in [9.17, 15) is 4.79 Å². The Morgan fingerprint density at radius 1 is 1.12 bits per heavy atom. The molecule has 0 N–H and O–H groups in total. The van der Waals surface area contributed by atoms with Crippen LogP contribution in [0.4, 0.5) is 0 Å². The van der Waals surface area contributed by atoms with Gasteiger partial charge in [0.25, 0.3) is 5.91 Å². The zero-order valence-electron chi connectivity index (χ0n) is 14.7. The number of hydrogen-bond acceptors (Lipinski definition) is 3. The molecule has 1 amide bonds. The fourth-order valence-corrected chi connectivity index (χ4v) is 4.42. The van der Waals surface area contributed by atoms with Crippen molar-refractivity contribution < 1.29 is 9.53 Å². The summed E-state index contributed by atoms with van der Waals surface area (Å²) in [5.74, 6) is 0.796. The summed E-state index contributed by atoms with van der Waals surface area (Å²) in [6.45, 7) is 2.78. The van der Waals surface area contributed by atoms with Crippen molar-refractivity contribution in [3.8, 4) is 5.75 Å². The van der Waals surface area contributed by atoms with Crippen LogP contribution in [0.1, 0.15) is 27.6 Å². The van der Waals surface area contributed by atoms with Crippen LogP contribution < -0.4 is 4.74 Å². The molecule has 0 bridgehead atoms. The van der Waals surface area contributed by atoms with Crippen LogP contribution in [0.3, 0.4) is 0 Å². The highest BCUT2D eigenvalue weighted by Gasteiger charge is 2.32. The summed E-state index contributed by atoms with van der Waals surface area (Å²) in [5, 5.41) is 2.12. The van der Waals surface area contributed by atoms with Gasteiger partial charge in [-0.2, -0.15) is 0 Å². The molecule has 1 aromatic heterocycles. The molecule has 132 valence electrons. The Bertz CT molecular complexity index is 903. The van der Waals surface area contributed by atoms with E-state index in [0.29, 0.717) is 0 Å². The van der Waals surface area contributed by atoms with E-state index in [4.69, 9.17) is 4.74 Å². The average molecular weight is 363 g/mol. The van der Waals surface area contributed by atoms with E-state index in [0.717, 1.165) is 29.8 Å². The van der Waals surface area contributed by atoms with Crippen molar-refractivity contribution in [3.05, 3.63) is 87.6 Å². The predicted molar refractivity (Wildman–Crippen MR) is 105 cm³/mol. The number of carbonyl (C=O) groups is 1. The Kier molecular flexibility index (Phi) is 4.76. The number of nitrogens with zero attached hydrogens (tertiary/aromatic N) is 1. The first-order valence-electron chi connectivity index (χ1n) is 8.83. The van der Waals surface area contributed by atoms with Gasteiger partial charge < -0.3 is 9.64 Å². The lowest BCUT2D eigenvalue weighted by Crippen LogP contribution is -2.42. The second-order valence-electron chi connectivity index (χ2n) is 6.50. The van der Waals surface area contributed by atoms with Gasteiger partial charge >= 0.3 is 0 Å². The molecular formula is C22H21NO2S. The maximum atomic E-state index is 13.0. The Hall–Kier alpha value is -2.59. The molecule has 2 heterocycles. The molecule has 4 heteroatoms. The molecule has 2 aromatic carbocycles. The smallest absolute Gasteiger partial charge is 0.261 e. The van der Waals surface area contributed by atoms with E-state index >= 15 is 0 Å². The predicted octanol–water partition coefficient (Wildman–Crippen LogP) is 4.61. The lowest BCUT2D eigenvalue weighted by molar-refractivity contribution is -0.135. The first-order valence-corrected chi connectivity index (χ1v) is 9.71. The van der Waals surface area contributed by atoms with Crippen molar-refractivity contribution in [3.63, 3.8) is 0 Å². The molecule has 1 atom stereocenters. The summed E-state index contributed by atoms with van der Waals surface area (Å²) in [7, 11) is 0. The molecule has 3 nitrogen and oxygen atoms in total. The molecule has 26 heavy (non-hydrogen) atoms. The summed E-state index contributed by atoms with van der Waals surface area (Å²) < 4.78 is 5.82. The van der Waals surface area contributed by atoms with Gasteiger partial charge in [-0.1, -0.05) is 48.5 Å². The Labute approximate surface area is 157 Å². The summed E-state index contributed by atoms with van der Waals surface area (Å²) in [6.07, 6.45) is 0.909. The van der Waals surface area contributed by atoms with E-state index in [1.807, 2.05) is 54.3 Å². The number of thiophene rings is 1. The number of para-hydroxylation sites is 1. The third kappa shape index (κ3) is 3.25. The first kappa shape index (κ1) is 16.9. The largest absolute Gasteiger partial charge is 0.484 e. The maximum absolute atomic E-state index is 13.0. The van der Waals surface area contributed by atoms with Crippen molar-refractivity contribution in [2.75, 3.05) is 13.2 Å². The van der Waals surface area contributed by atoms with Gasteiger partial charge in [0.15, 0.2) is 6.61 Å². The summed E-state index contributed by atoms with van der Waals surface area (Å²) in [6, 6.07) is 20.2. The number of fused-ring (bicyclic) bond motifs is 1. The Morgan fingerprint density at radius 3 is 2.69 bits per heavy atom. The molecule has 3 aromatic rings. The molecule has 4 rings (SSSR count). The zero-order valence-corrected chi connectivity index (χ0v) is 15.5. The molecule has 0 fully saturated rings. The van der Waals surface area contributed by atoms with Crippen LogP contribution in [-0.2, 0) is 11.2 Å². The topological polar surface area (TPSA) is 29.5 Å². The number of rotatable bonds is 4. The minimum Gasteiger partial charge on any atom is -0.484 e. The lowest BCUT2D eigenvalue weighted by atomic mass is 9.93. The van der Waals surface area contributed by atoms with Gasteiger partial charge in [-0.05, 0) is 47.5 Å². The second-order valence-corrected chi connectivity index (χ2v) is 7.50. The van der Waals surface area contributed by atoms with E-state index in [1.54, 1.807) is 11.3 Å². The summed E-state index contributed by atoms with van der Waals surface area (Å²) in [4.78, 5) is 16.3. The average Bonchev–Trinajstić information content (AvgIpc) is 3.16. The molecular weight excluding hydrogens is 342 g/mol. The van der Waals surface area contributed by atoms with E-state index in [-0.39, 0.29) is 18.6 Å². The van der Waals surface area contributed by atoms with E-state index in [1.165, 1.54) is 10.4 Å². The summed E-state index contributed by atoms with van der Waals surface area (Å²) >= 11 is 1.78. The standard InChI is InChI=1S/C22H21NO2S/c1-16-7-5-6-10-19(16)25-15-21(24)23-13-11-20-18(12-14-26-20)22(23)17-8-3-2-4-9-17/h2-10,12,14,22H,11,13,15H2,1H3. The quantitative estimate of drug-likeness (QED) is 0.677. The maximum Gasteiger partial charge on any atom is 0.261 e. The van der Waals surface area contributed by atoms with E-state index < -0.39 is 0 Å². The van der Waals surface area contributed by atoms with Crippen molar-refractivity contribution in [1.82, 2.24) is 4.90 Å². The molecule has 0 aliphatic carbocycles. The number of ether oxygens (including phenoxy) is 1. The van der Waals surface area contributed by atoms with Crippen LogP contribution >= 0.6 is 11.3 Å². The SMILES string of the molecule is Cc1ccccc1OCC(=O)N1CCc2sccc2C1c1ccccc1. The fourth-order valence-electron chi connectivity index (χ4n) is 3.52. The van der Waals surface area contributed by atoms with Crippen molar-refractivity contribution in [2.24, 2.45) is 0 Å². The van der Waals surface area contributed by atoms with Gasteiger partial charge in [-0.3, -0.25) is 4.79 Å². The number of benzene rings is 2. The van der Waals surface area contributed by atoms with Crippen molar-refractivity contribution >= 4 is 17.2 Å². The van der Waals surface area contributed by atoms with Gasteiger partial charge in [0.05, 0.1) is 6.04 Å². The zero-order chi connectivity index (χ0) is 17.9. The van der Waals surface area contributed by atoms with Gasteiger partial charge in [0.2, 0.25) is 0 Å². The number of hydrogen-bond donors (Lipinski definition) is 0. The van der Waals surface area contributed by atoms with Crippen LogP contribution in [0.5, 0.6) is 5.75 Å². The van der Waals surface area contributed by atoms with Crippen LogP contribution in [0, 0.1) is 6.92 Å². The van der Waals surface area contributed by atoms with Crippen LogP contribution in [0.25, 0.3) is 0 Å². The molecule has 0 radical (unpaired) electrons. The van der Waals surface area contributed by atoms with E-state index in [2.05, 4.69) is 23.6 Å². The Morgan fingerprint density at radius 2 is 1.88 bits per heavy atom. The molecule has 0 spiro atoms. The molecule has 1 unspecified atom stereocenters. The highest BCUT2D eigenvalue weighted by Crippen LogP contribution is 2.37. The lowest BCUT2D eigenvalue weighted by Gasteiger charge is -2.36. The molecule has 1 aliphatic heterocycles. The molecule has 1 aliphatic rings. The van der Waals surface area contributed by atoms with Crippen molar-refractivity contribution in [1.29, 1.82) is 0 Å². The van der Waals surface area contributed by atoms with Gasteiger partial charge in [-0.15, -0.1) is 11.3 Å². The molecule has 0 saturated carbocycles. The minimum atomic E-state index is -0.0285. The second kappa shape index (κ2) is 7.34. The minimum absolute atomic E-state index is 0.0268. The highest BCUT2D eigenvalue weighted by molar-refractivity contribution is 7.10. The van der Waals surface area contributed by atoms with Crippen LogP contribution in [-0.4, -0.2) is 24.0 Å². The summed E-state index contributed by atoms with van der Waals surface area (Å²) in [5.41, 5.74) is 3.44. The van der Waals surface area contributed by atoms with Crippen LogP contribution in [0.2, 0.25) is 0 Å². The number of carbonyl (C=O) groups excluding carboxylic acids is 1. The van der Waals surface area contributed by atoms with Gasteiger partial charge in [-0.25, -0.2) is 0 Å². The monoisotopic (exact) mass is 363 g/mol.